The molecule has 0 atom stereocenters. The summed E-state index contributed by atoms with van der Waals surface area (Å²) in [4.78, 5) is 17.2. The number of anilines is 1. The summed E-state index contributed by atoms with van der Waals surface area (Å²) in [5, 5.41) is 11.1. The average Bonchev–Trinajstić information content (AvgIpc) is 2.60. The van der Waals surface area contributed by atoms with Crippen LogP contribution in [0.5, 0.6) is 0 Å². The minimum absolute atomic E-state index is 0.313. The molecule has 1 aromatic heterocycles. The topological polar surface area (TPSA) is 65.5 Å². The quantitative estimate of drug-likeness (QED) is 0.888. The van der Waals surface area contributed by atoms with E-state index in [4.69, 9.17) is 5.11 Å². The number of halogens is 2. The lowest BCUT2D eigenvalue weighted by atomic mass is 9.97. The van der Waals surface area contributed by atoms with Crippen LogP contribution in [0.15, 0.2) is 36.4 Å². The number of rotatable bonds is 4. The van der Waals surface area contributed by atoms with Crippen molar-refractivity contribution in [2.75, 3.05) is 24.5 Å². The van der Waals surface area contributed by atoms with Gasteiger partial charge in [0.25, 0.3) is 0 Å². The highest BCUT2D eigenvalue weighted by Crippen LogP contribution is 2.25. The van der Waals surface area contributed by atoms with Gasteiger partial charge in [0.15, 0.2) is 0 Å². The Kier molecular flexibility index (Phi) is 5.11. The van der Waals surface area contributed by atoms with E-state index >= 15 is 0 Å². The maximum absolute atomic E-state index is 13.4. The molecule has 1 aromatic carbocycles. The van der Waals surface area contributed by atoms with Gasteiger partial charge >= 0.3 is 6.09 Å². The Morgan fingerprint density at radius 1 is 1.20 bits per heavy atom. The fraction of sp³-hybridized carbons (Fsp3) is 0.333. The molecule has 3 rings (SSSR count). The van der Waals surface area contributed by atoms with Gasteiger partial charge in [-0.1, -0.05) is 6.07 Å². The summed E-state index contributed by atoms with van der Waals surface area (Å²) < 4.78 is 26.8. The van der Waals surface area contributed by atoms with Crippen LogP contribution in [0.2, 0.25) is 0 Å². The molecule has 1 aliphatic heterocycles. The van der Waals surface area contributed by atoms with Gasteiger partial charge in [-0.3, -0.25) is 0 Å². The number of hydrogen-bond donors (Lipinski definition) is 2. The normalized spacial score (nSPS) is 15.2. The molecule has 1 fully saturated rings. The molecule has 1 saturated heterocycles. The van der Waals surface area contributed by atoms with E-state index in [1.54, 1.807) is 6.07 Å². The van der Waals surface area contributed by atoms with E-state index in [0.717, 1.165) is 37.8 Å². The lowest BCUT2D eigenvalue weighted by Crippen LogP contribution is -2.38. The Bertz CT molecular complexity index is 741. The molecular formula is C18H19F2N3O2. The van der Waals surface area contributed by atoms with Crippen LogP contribution in [0.4, 0.5) is 19.4 Å². The van der Waals surface area contributed by atoms with Gasteiger partial charge in [0.2, 0.25) is 0 Å². The zero-order valence-electron chi connectivity index (χ0n) is 13.6. The van der Waals surface area contributed by atoms with Gasteiger partial charge in [0, 0.05) is 31.3 Å². The Hall–Kier alpha value is -2.70. The number of nitrogens with one attached hydrogen (secondary N) is 1. The van der Waals surface area contributed by atoms with E-state index in [1.807, 2.05) is 12.1 Å². The predicted molar refractivity (Wildman–Crippen MR) is 90.6 cm³/mol. The first-order valence-electron chi connectivity index (χ1n) is 8.16. The minimum Gasteiger partial charge on any atom is -0.465 e. The van der Waals surface area contributed by atoms with Gasteiger partial charge in [-0.25, -0.2) is 18.6 Å². The Morgan fingerprint density at radius 2 is 1.88 bits per heavy atom. The van der Waals surface area contributed by atoms with Crippen LogP contribution in [-0.2, 0) is 0 Å². The van der Waals surface area contributed by atoms with Crippen LogP contribution in [0, 0.1) is 17.6 Å². The Labute approximate surface area is 144 Å². The predicted octanol–water partition coefficient (Wildman–Crippen LogP) is 3.51. The van der Waals surface area contributed by atoms with Gasteiger partial charge < -0.3 is 15.3 Å². The van der Waals surface area contributed by atoms with Crippen molar-refractivity contribution in [1.82, 2.24) is 10.3 Å². The maximum Gasteiger partial charge on any atom is 0.404 e. The third-order valence-corrected chi connectivity index (χ3v) is 4.37. The highest BCUT2D eigenvalue weighted by molar-refractivity contribution is 5.64. The van der Waals surface area contributed by atoms with E-state index in [9.17, 15) is 13.6 Å². The number of carboxylic acid groups (broad SMARTS) is 1. The van der Waals surface area contributed by atoms with Gasteiger partial charge in [0.05, 0.1) is 5.69 Å². The number of benzene rings is 1. The molecule has 7 heteroatoms. The zero-order valence-corrected chi connectivity index (χ0v) is 13.6. The third-order valence-electron chi connectivity index (χ3n) is 4.37. The van der Waals surface area contributed by atoms with Crippen molar-refractivity contribution in [3.05, 3.63) is 48.0 Å². The Balaban J connectivity index is 1.69. The molecule has 1 aliphatic rings. The fourth-order valence-corrected chi connectivity index (χ4v) is 3.06. The second kappa shape index (κ2) is 7.46. The van der Waals surface area contributed by atoms with E-state index in [-0.39, 0.29) is 0 Å². The third kappa shape index (κ3) is 4.43. The van der Waals surface area contributed by atoms with Crippen LogP contribution in [0.1, 0.15) is 12.8 Å². The van der Waals surface area contributed by atoms with Crippen molar-refractivity contribution in [1.29, 1.82) is 0 Å². The van der Waals surface area contributed by atoms with Crippen molar-refractivity contribution in [2.45, 2.75) is 12.8 Å². The van der Waals surface area contributed by atoms with Crippen LogP contribution in [0.3, 0.4) is 0 Å². The largest absolute Gasteiger partial charge is 0.465 e. The second-order valence-corrected chi connectivity index (χ2v) is 6.16. The van der Waals surface area contributed by atoms with Crippen LogP contribution in [-0.4, -0.2) is 35.8 Å². The van der Waals surface area contributed by atoms with Crippen LogP contribution >= 0.6 is 0 Å². The van der Waals surface area contributed by atoms with E-state index < -0.39 is 17.7 Å². The molecule has 0 spiro atoms. The summed E-state index contributed by atoms with van der Waals surface area (Å²) in [6.07, 6.45) is 0.723. The zero-order chi connectivity index (χ0) is 17.8. The standard InChI is InChI=1S/C18H19F2N3O2/c19-14-8-13(9-15(20)10-14)16-2-1-3-17(22-16)23-6-4-12(5-7-23)11-21-18(24)25/h1-3,8-10,12,21H,4-7,11H2,(H,24,25). The van der Waals surface area contributed by atoms with Crippen molar-refractivity contribution >= 4 is 11.9 Å². The van der Waals surface area contributed by atoms with Crippen molar-refractivity contribution < 1.29 is 18.7 Å². The first-order valence-corrected chi connectivity index (χ1v) is 8.16. The van der Waals surface area contributed by atoms with Crippen molar-refractivity contribution in [3.63, 3.8) is 0 Å². The first kappa shape index (κ1) is 17.1. The summed E-state index contributed by atoms with van der Waals surface area (Å²) in [6, 6.07) is 8.77. The summed E-state index contributed by atoms with van der Waals surface area (Å²) >= 11 is 0. The molecule has 2 aromatic rings. The molecule has 2 heterocycles. The van der Waals surface area contributed by atoms with E-state index in [2.05, 4.69) is 15.2 Å². The summed E-state index contributed by atoms with van der Waals surface area (Å²) in [7, 11) is 0. The lowest BCUT2D eigenvalue weighted by Gasteiger charge is -2.32. The number of carbonyl (C=O) groups is 1. The van der Waals surface area contributed by atoms with Gasteiger partial charge in [-0.05, 0) is 43.0 Å². The highest BCUT2D eigenvalue weighted by atomic mass is 19.1. The summed E-state index contributed by atoms with van der Waals surface area (Å²) in [5.74, 6) is -0.192. The van der Waals surface area contributed by atoms with E-state index in [0.29, 0.717) is 23.7 Å². The monoisotopic (exact) mass is 347 g/mol. The maximum atomic E-state index is 13.4. The van der Waals surface area contributed by atoms with Crippen molar-refractivity contribution in [2.24, 2.45) is 5.92 Å². The van der Waals surface area contributed by atoms with Gasteiger partial charge in [-0.2, -0.15) is 0 Å². The number of hydrogen-bond acceptors (Lipinski definition) is 3. The van der Waals surface area contributed by atoms with Crippen LogP contribution in [0.25, 0.3) is 11.3 Å². The average molecular weight is 347 g/mol. The Morgan fingerprint density at radius 3 is 2.52 bits per heavy atom. The molecule has 0 saturated carbocycles. The molecule has 5 nitrogen and oxygen atoms in total. The fourth-order valence-electron chi connectivity index (χ4n) is 3.06. The number of nitrogens with zero attached hydrogens (tertiary/aromatic N) is 2. The number of pyridine rings is 1. The van der Waals surface area contributed by atoms with E-state index in [1.165, 1.54) is 12.1 Å². The SMILES string of the molecule is O=C(O)NCC1CCN(c2cccc(-c3cc(F)cc(F)c3)n2)CC1. The number of aromatic nitrogens is 1. The smallest absolute Gasteiger partial charge is 0.404 e. The van der Waals surface area contributed by atoms with Crippen LogP contribution < -0.4 is 10.2 Å². The molecule has 0 bridgehead atoms. The molecule has 0 radical (unpaired) electrons. The lowest BCUT2D eigenvalue weighted by molar-refractivity contribution is 0.191. The molecular weight excluding hydrogens is 328 g/mol. The second-order valence-electron chi connectivity index (χ2n) is 6.16. The summed E-state index contributed by atoms with van der Waals surface area (Å²) in [6.45, 7) is 1.99. The van der Waals surface area contributed by atoms with Crippen molar-refractivity contribution in [3.8, 4) is 11.3 Å². The van der Waals surface area contributed by atoms with Gasteiger partial charge in [-0.15, -0.1) is 0 Å². The first-order chi connectivity index (χ1) is 12.0. The number of amides is 1. The number of piperidine rings is 1. The molecule has 2 N–H and O–H groups in total. The highest BCUT2D eigenvalue weighted by Gasteiger charge is 2.21. The molecule has 132 valence electrons. The summed E-state index contributed by atoms with van der Waals surface area (Å²) in [5.41, 5.74) is 0.922. The molecule has 0 aliphatic carbocycles. The molecule has 25 heavy (non-hydrogen) atoms. The minimum atomic E-state index is -1.00. The molecule has 1 amide bonds. The van der Waals surface area contributed by atoms with Gasteiger partial charge in [0.1, 0.15) is 17.5 Å². The molecule has 0 unspecified atom stereocenters.